The van der Waals surface area contributed by atoms with Gasteiger partial charge in [0.1, 0.15) is 0 Å². The first-order valence-corrected chi connectivity index (χ1v) is 18.3. The van der Waals surface area contributed by atoms with Gasteiger partial charge < -0.3 is 15.2 Å². The van der Waals surface area contributed by atoms with E-state index in [4.69, 9.17) is 15.2 Å². The molecule has 1 unspecified atom stereocenters. The molecule has 1 atom stereocenters. The van der Waals surface area contributed by atoms with Crippen LogP contribution in [-0.4, -0.2) is 32.5 Å². The topological polar surface area (TPSA) is 44.5 Å². The molecule has 0 saturated heterocycles. The lowest BCUT2D eigenvalue weighted by Gasteiger charge is -2.16. The van der Waals surface area contributed by atoms with E-state index < -0.39 is 0 Å². The largest absolute Gasteiger partial charge is 0.379 e. The van der Waals surface area contributed by atoms with Gasteiger partial charge in [0.25, 0.3) is 0 Å². The van der Waals surface area contributed by atoms with E-state index in [2.05, 4.69) is 62.5 Å². The lowest BCUT2D eigenvalue weighted by molar-refractivity contribution is -0.0136. The molecule has 246 valence electrons. The standard InChI is InChI=1S/C39H73NO2/c1-3-5-7-9-11-13-15-17-19-21-23-25-27-29-31-33-35-41-38-39(37-40)42-36-34-32-30-28-26-24-22-20-18-16-14-12-10-8-6-4-2/h11-14,17-20,39H,3-10,15-16,21-38,40H2,1-2H3/b13-11-,14-12-,19-17-,20-18-. The average Bonchev–Trinajstić information content (AvgIpc) is 3.00. The molecule has 0 aliphatic heterocycles. The van der Waals surface area contributed by atoms with Crippen LogP contribution in [0.1, 0.15) is 168 Å². The predicted octanol–water partition coefficient (Wildman–Crippen LogP) is 12.0. The van der Waals surface area contributed by atoms with E-state index in [1.807, 2.05) is 0 Å². The van der Waals surface area contributed by atoms with Gasteiger partial charge in [-0.15, -0.1) is 0 Å². The van der Waals surface area contributed by atoms with E-state index in [9.17, 15) is 0 Å². The highest BCUT2D eigenvalue weighted by Gasteiger charge is 2.06. The molecule has 3 nitrogen and oxygen atoms in total. The first-order valence-electron chi connectivity index (χ1n) is 18.3. The van der Waals surface area contributed by atoms with Crippen molar-refractivity contribution in [2.75, 3.05) is 26.4 Å². The Morgan fingerprint density at radius 3 is 1.26 bits per heavy atom. The first-order chi connectivity index (χ1) is 20.8. The van der Waals surface area contributed by atoms with Crippen LogP contribution in [0.15, 0.2) is 48.6 Å². The zero-order valence-electron chi connectivity index (χ0n) is 28.4. The molecule has 0 radical (unpaired) electrons. The highest BCUT2D eigenvalue weighted by molar-refractivity contribution is 4.93. The fourth-order valence-corrected chi connectivity index (χ4v) is 4.93. The summed E-state index contributed by atoms with van der Waals surface area (Å²) < 4.78 is 11.8. The maximum Gasteiger partial charge on any atom is 0.0930 e. The van der Waals surface area contributed by atoms with Gasteiger partial charge in [-0.25, -0.2) is 0 Å². The summed E-state index contributed by atoms with van der Waals surface area (Å²) in [5, 5.41) is 0. The molecular weight excluding hydrogens is 514 g/mol. The molecule has 0 aromatic carbocycles. The van der Waals surface area contributed by atoms with Gasteiger partial charge in [0.05, 0.1) is 12.7 Å². The van der Waals surface area contributed by atoms with Gasteiger partial charge in [-0.3, -0.25) is 0 Å². The van der Waals surface area contributed by atoms with Crippen LogP contribution in [0.4, 0.5) is 0 Å². The lowest BCUT2D eigenvalue weighted by Crippen LogP contribution is -2.29. The Labute approximate surface area is 263 Å². The van der Waals surface area contributed by atoms with Crippen molar-refractivity contribution in [1.29, 1.82) is 0 Å². The van der Waals surface area contributed by atoms with Crippen molar-refractivity contribution < 1.29 is 9.47 Å². The Bertz CT molecular complexity index is 610. The van der Waals surface area contributed by atoms with Crippen molar-refractivity contribution >= 4 is 0 Å². The van der Waals surface area contributed by atoms with Gasteiger partial charge in [-0.1, -0.05) is 140 Å². The minimum atomic E-state index is 0.0487. The van der Waals surface area contributed by atoms with E-state index in [-0.39, 0.29) is 6.10 Å². The highest BCUT2D eigenvalue weighted by atomic mass is 16.5. The lowest BCUT2D eigenvalue weighted by atomic mass is 10.1. The number of nitrogens with two attached hydrogens (primary N) is 1. The Kier molecular flexibility index (Phi) is 36.8. The fourth-order valence-electron chi connectivity index (χ4n) is 4.93. The van der Waals surface area contributed by atoms with E-state index in [1.54, 1.807) is 0 Å². The van der Waals surface area contributed by atoms with Crippen LogP contribution >= 0.6 is 0 Å². The Balaban J connectivity index is 3.38. The van der Waals surface area contributed by atoms with Crippen molar-refractivity contribution in [2.24, 2.45) is 5.73 Å². The van der Waals surface area contributed by atoms with Gasteiger partial charge in [-0.2, -0.15) is 0 Å². The first kappa shape index (κ1) is 40.8. The minimum absolute atomic E-state index is 0.0487. The molecule has 0 saturated carbocycles. The molecular formula is C39H73NO2. The van der Waals surface area contributed by atoms with E-state index in [1.165, 1.54) is 128 Å². The SMILES string of the molecule is CCCCC/C=C\C/C=C\CCCCCCCCOCC(CN)OCCCCCCCC/C=C\C/C=C\CCCCC. The third-order valence-corrected chi connectivity index (χ3v) is 7.75. The molecule has 0 bridgehead atoms. The molecule has 0 spiro atoms. The third-order valence-electron chi connectivity index (χ3n) is 7.75. The van der Waals surface area contributed by atoms with Crippen LogP contribution in [0.2, 0.25) is 0 Å². The molecule has 2 N–H and O–H groups in total. The second-order valence-electron chi connectivity index (χ2n) is 12.0. The zero-order chi connectivity index (χ0) is 30.4. The van der Waals surface area contributed by atoms with Crippen LogP contribution < -0.4 is 5.73 Å². The summed E-state index contributed by atoms with van der Waals surface area (Å²) in [6.45, 7) is 7.35. The smallest absolute Gasteiger partial charge is 0.0930 e. The number of hydrogen-bond donors (Lipinski definition) is 1. The second kappa shape index (κ2) is 37.9. The van der Waals surface area contributed by atoms with Gasteiger partial charge >= 0.3 is 0 Å². The fraction of sp³-hybridized carbons (Fsp3) is 0.795. The van der Waals surface area contributed by atoms with Crippen LogP contribution in [0.3, 0.4) is 0 Å². The summed E-state index contributed by atoms with van der Waals surface area (Å²) in [5.74, 6) is 0. The average molecular weight is 588 g/mol. The summed E-state index contributed by atoms with van der Waals surface area (Å²) in [6, 6.07) is 0. The number of allylic oxidation sites excluding steroid dienone is 8. The summed E-state index contributed by atoms with van der Waals surface area (Å²) in [6.07, 6.45) is 49.3. The van der Waals surface area contributed by atoms with E-state index in [0.717, 1.165) is 38.9 Å². The molecule has 0 aromatic heterocycles. The molecule has 0 amide bonds. The third kappa shape index (κ3) is 35.0. The van der Waals surface area contributed by atoms with Crippen LogP contribution in [0.5, 0.6) is 0 Å². The molecule has 42 heavy (non-hydrogen) atoms. The summed E-state index contributed by atoms with van der Waals surface area (Å²) in [4.78, 5) is 0. The van der Waals surface area contributed by atoms with Crippen molar-refractivity contribution in [3.63, 3.8) is 0 Å². The second-order valence-corrected chi connectivity index (χ2v) is 12.0. The summed E-state index contributed by atoms with van der Waals surface area (Å²) in [5.41, 5.74) is 5.90. The van der Waals surface area contributed by atoms with Crippen LogP contribution in [0.25, 0.3) is 0 Å². The number of unbranched alkanes of at least 4 members (excludes halogenated alkanes) is 18. The Hall–Kier alpha value is -1.16. The maximum absolute atomic E-state index is 5.97. The van der Waals surface area contributed by atoms with E-state index in [0.29, 0.717) is 13.2 Å². The molecule has 0 rings (SSSR count). The number of hydrogen-bond acceptors (Lipinski definition) is 3. The quantitative estimate of drug-likeness (QED) is 0.0601. The summed E-state index contributed by atoms with van der Waals surface area (Å²) in [7, 11) is 0. The van der Waals surface area contributed by atoms with Crippen molar-refractivity contribution in [1.82, 2.24) is 0 Å². The van der Waals surface area contributed by atoms with Gasteiger partial charge in [0, 0.05) is 19.8 Å². The molecule has 3 heteroatoms. The normalized spacial score (nSPS) is 13.1. The maximum atomic E-state index is 5.97. The monoisotopic (exact) mass is 588 g/mol. The van der Waals surface area contributed by atoms with Crippen molar-refractivity contribution in [2.45, 2.75) is 174 Å². The van der Waals surface area contributed by atoms with Crippen molar-refractivity contribution in [3.8, 4) is 0 Å². The summed E-state index contributed by atoms with van der Waals surface area (Å²) >= 11 is 0. The molecule has 0 fully saturated rings. The predicted molar refractivity (Wildman–Crippen MR) is 188 cm³/mol. The van der Waals surface area contributed by atoms with Gasteiger partial charge in [0.2, 0.25) is 0 Å². The zero-order valence-corrected chi connectivity index (χ0v) is 28.4. The van der Waals surface area contributed by atoms with Crippen LogP contribution in [-0.2, 0) is 9.47 Å². The molecule has 0 heterocycles. The highest BCUT2D eigenvalue weighted by Crippen LogP contribution is 2.10. The van der Waals surface area contributed by atoms with Gasteiger partial charge in [0.15, 0.2) is 0 Å². The number of rotatable bonds is 34. The Morgan fingerprint density at radius 1 is 0.452 bits per heavy atom. The molecule has 0 aliphatic rings. The number of ether oxygens (including phenoxy) is 2. The molecule has 0 aromatic rings. The minimum Gasteiger partial charge on any atom is -0.379 e. The van der Waals surface area contributed by atoms with Crippen molar-refractivity contribution in [3.05, 3.63) is 48.6 Å². The van der Waals surface area contributed by atoms with Gasteiger partial charge in [-0.05, 0) is 77.0 Å². The van der Waals surface area contributed by atoms with Crippen LogP contribution in [0, 0.1) is 0 Å². The Morgan fingerprint density at radius 2 is 0.833 bits per heavy atom. The molecule has 0 aliphatic carbocycles. The van der Waals surface area contributed by atoms with E-state index >= 15 is 0 Å².